The summed E-state index contributed by atoms with van der Waals surface area (Å²) in [5.41, 5.74) is 5.03. The van der Waals surface area contributed by atoms with Crippen molar-refractivity contribution in [1.29, 1.82) is 0 Å². The summed E-state index contributed by atoms with van der Waals surface area (Å²) in [4.78, 5) is 12.7. The summed E-state index contributed by atoms with van der Waals surface area (Å²) >= 11 is 5.99. The van der Waals surface area contributed by atoms with Gasteiger partial charge in [0.1, 0.15) is 0 Å². The third-order valence-electron chi connectivity index (χ3n) is 4.87. The molecule has 28 heavy (non-hydrogen) atoms. The normalized spacial score (nSPS) is 11.0. The topological polar surface area (TPSA) is 31.2 Å². The molecular weight excluding hydrogens is 370 g/mol. The Hall–Kier alpha value is -2.36. The SMILES string of the molecule is Cc1cc(C(=O)CCCCOCc2ccccc2)c(C)n1-c1ccc(Cl)cc1. The first-order valence-electron chi connectivity index (χ1n) is 9.66. The molecule has 3 rings (SSSR count). The van der Waals surface area contributed by atoms with Crippen LogP contribution in [0.15, 0.2) is 60.7 Å². The van der Waals surface area contributed by atoms with Crippen LogP contribution < -0.4 is 0 Å². The summed E-state index contributed by atoms with van der Waals surface area (Å²) in [6.07, 6.45) is 2.26. The molecule has 0 aliphatic rings. The van der Waals surface area contributed by atoms with E-state index < -0.39 is 0 Å². The van der Waals surface area contributed by atoms with E-state index in [1.54, 1.807) is 0 Å². The molecule has 0 N–H and O–H groups in total. The number of hydrogen-bond donors (Lipinski definition) is 0. The largest absolute Gasteiger partial charge is 0.377 e. The van der Waals surface area contributed by atoms with Crippen LogP contribution >= 0.6 is 11.6 Å². The van der Waals surface area contributed by atoms with Gasteiger partial charge in [-0.1, -0.05) is 41.9 Å². The molecule has 0 aliphatic carbocycles. The van der Waals surface area contributed by atoms with Crippen LogP contribution in [-0.2, 0) is 11.3 Å². The van der Waals surface area contributed by atoms with Crippen molar-refractivity contribution in [2.24, 2.45) is 0 Å². The maximum atomic E-state index is 12.7. The molecule has 4 heteroatoms. The van der Waals surface area contributed by atoms with Gasteiger partial charge in [0, 0.05) is 40.7 Å². The van der Waals surface area contributed by atoms with Gasteiger partial charge in [-0.3, -0.25) is 4.79 Å². The van der Waals surface area contributed by atoms with Crippen molar-refractivity contribution < 1.29 is 9.53 Å². The van der Waals surface area contributed by atoms with E-state index >= 15 is 0 Å². The molecule has 0 fully saturated rings. The number of ketones is 1. The first-order chi connectivity index (χ1) is 13.6. The van der Waals surface area contributed by atoms with Crippen molar-refractivity contribution in [1.82, 2.24) is 4.57 Å². The van der Waals surface area contributed by atoms with Crippen molar-refractivity contribution in [3.63, 3.8) is 0 Å². The number of carbonyl (C=O) groups is 1. The first-order valence-corrected chi connectivity index (χ1v) is 10.0. The molecule has 1 aromatic heterocycles. The zero-order chi connectivity index (χ0) is 19.9. The highest BCUT2D eigenvalue weighted by atomic mass is 35.5. The molecule has 3 nitrogen and oxygen atoms in total. The summed E-state index contributed by atoms with van der Waals surface area (Å²) in [6, 6.07) is 19.8. The molecule has 3 aromatic rings. The standard InChI is InChI=1S/C24H26ClNO2/c1-18-16-23(19(2)26(18)22-13-11-21(25)12-14-22)24(27)10-6-7-15-28-17-20-8-4-3-5-9-20/h3-5,8-9,11-14,16H,6-7,10,15,17H2,1-2H3. The quantitative estimate of drug-likeness (QED) is 0.313. The zero-order valence-electron chi connectivity index (χ0n) is 16.5. The van der Waals surface area contributed by atoms with E-state index in [0.717, 1.165) is 35.5 Å². The number of nitrogens with zero attached hydrogens (tertiary/aromatic N) is 1. The average molecular weight is 396 g/mol. The fraction of sp³-hybridized carbons (Fsp3) is 0.292. The number of aromatic nitrogens is 1. The van der Waals surface area contributed by atoms with Crippen molar-refractivity contribution in [2.45, 2.75) is 39.7 Å². The van der Waals surface area contributed by atoms with Gasteiger partial charge in [0.05, 0.1) is 6.61 Å². The minimum Gasteiger partial charge on any atom is -0.377 e. The van der Waals surface area contributed by atoms with E-state index in [-0.39, 0.29) is 5.78 Å². The molecule has 0 spiro atoms. The molecular formula is C24H26ClNO2. The van der Waals surface area contributed by atoms with Gasteiger partial charge < -0.3 is 9.30 Å². The van der Waals surface area contributed by atoms with Gasteiger partial charge in [0.15, 0.2) is 5.78 Å². The summed E-state index contributed by atoms with van der Waals surface area (Å²) in [6.45, 7) is 5.32. The maximum Gasteiger partial charge on any atom is 0.164 e. The maximum absolute atomic E-state index is 12.7. The Labute approximate surface area is 171 Å². The molecule has 0 amide bonds. The second-order valence-electron chi connectivity index (χ2n) is 7.02. The lowest BCUT2D eigenvalue weighted by atomic mass is 10.1. The Bertz CT molecular complexity index is 914. The zero-order valence-corrected chi connectivity index (χ0v) is 17.2. The Balaban J connectivity index is 1.51. The fourth-order valence-electron chi connectivity index (χ4n) is 3.42. The molecule has 0 saturated carbocycles. The van der Waals surface area contributed by atoms with Crippen LogP contribution in [-0.4, -0.2) is 17.0 Å². The molecule has 0 unspecified atom stereocenters. The molecule has 146 valence electrons. The molecule has 0 atom stereocenters. The Morgan fingerprint density at radius 3 is 2.43 bits per heavy atom. The first kappa shape index (κ1) is 20.4. The van der Waals surface area contributed by atoms with Gasteiger partial charge in [-0.25, -0.2) is 0 Å². The fourth-order valence-corrected chi connectivity index (χ4v) is 3.55. The van der Waals surface area contributed by atoms with Crippen molar-refractivity contribution in [3.05, 3.63) is 88.2 Å². The number of carbonyl (C=O) groups excluding carboxylic acids is 1. The van der Waals surface area contributed by atoms with E-state index in [1.807, 2.05) is 62.4 Å². The predicted octanol–water partition coefficient (Wildman–Crippen LogP) is 6.32. The Kier molecular flexibility index (Phi) is 7.07. The van der Waals surface area contributed by atoms with Crippen molar-refractivity contribution in [2.75, 3.05) is 6.61 Å². The molecule has 0 aliphatic heterocycles. The van der Waals surface area contributed by atoms with Crippen LogP contribution in [0.25, 0.3) is 5.69 Å². The van der Waals surface area contributed by atoms with E-state index in [4.69, 9.17) is 16.3 Å². The van der Waals surface area contributed by atoms with Crippen LogP contribution in [0.5, 0.6) is 0 Å². The van der Waals surface area contributed by atoms with Gasteiger partial charge in [-0.05, 0) is 62.6 Å². The molecule has 2 aromatic carbocycles. The highest BCUT2D eigenvalue weighted by molar-refractivity contribution is 6.30. The highest BCUT2D eigenvalue weighted by Crippen LogP contribution is 2.23. The van der Waals surface area contributed by atoms with Gasteiger partial charge in [-0.15, -0.1) is 0 Å². The minimum atomic E-state index is 0.191. The Morgan fingerprint density at radius 1 is 1.00 bits per heavy atom. The van der Waals surface area contributed by atoms with Gasteiger partial charge >= 0.3 is 0 Å². The van der Waals surface area contributed by atoms with Crippen molar-refractivity contribution >= 4 is 17.4 Å². The van der Waals surface area contributed by atoms with E-state index in [1.165, 1.54) is 5.56 Å². The number of halogens is 1. The number of unbranched alkanes of at least 4 members (excludes halogenated alkanes) is 1. The van der Waals surface area contributed by atoms with Crippen LogP contribution in [0.4, 0.5) is 0 Å². The monoisotopic (exact) mass is 395 g/mol. The summed E-state index contributed by atoms with van der Waals surface area (Å²) < 4.78 is 7.80. The molecule has 0 radical (unpaired) electrons. The van der Waals surface area contributed by atoms with E-state index in [2.05, 4.69) is 16.7 Å². The summed E-state index contributed by atoms with van der Waals surface area (Å²) in [5.74, 6) is 0.191. The number of Topliss-reactive ketones (excluding diaryl/α,β-unsaturated/α-hetero) is 1. The average Bonchev–Trinajstić information content (AvgIpc) is 3.00. The highest BCUT2D eigenvalue weighted by Gasteiger charge is 2.16. The number of rotatable bonds is 9. The summed E-state index contributed by atoms with van der Waals surface area (Å²) in [5, 5.41) is 0.706. The van der Waals surface area contributed by atoms with Crippen LogP contribution in [0, 0.1) is 13.8 Å². The van der Waals surface area contributed by atoms with E-state index in [9.17, 15) is 4.79 Å². The number of aryl methyl sites for hydroxylation is 1. The molecule has 0 saturated heterocycles. The summed E-state index contributed by atoms with van der Waals surface area (Å²) in [7, 11) is 0. The number of ether oxygens (including phenoxy) is 1. The van der Waals surface area contributed by atoms with Crippen LogP contribution in [0.1, 0.15) is 46.6 Å². The Morgan fingerprint density at radius 2 is 1.71 bits per heavy atom. The predicted molar refractivity (Wildman–Crippen MR) is 115 cm³/mol. The van der Waals surface area contributed by atoms with Gasteiger partial charge in [0.2, 0.25) is 0 Å². The molecule has 1 heterocycles. The van der Waals surface area contributed by atoms with Gasteiger partial charge in [0.25, 0.3) is 0 Å². The molecule has 0 bridgehead atoms. The minimum absolute atomic E-state index is 0.191. The smallest absolute Gasteiger partial charge is 0.164 e. The van der Waals surface area contributed by atoms with Crippen molar-refractivity contribution in [3.8, 4) is 5.69 Å². The number of hydrogen-bond acceptors (Lipinski definition) is 2. The lowest BCUT2D eigenvalue weighted by Gasteiger charge is -2.10. The van der Waals surface area contributed by atoms with Gasteiger partial charge in [-0.2, -0.15) is 0 Å². The van der Waals surface area contributed by atoms with Crippen LogP contribution in [0.3, 0.4) is 0 Å². The second-order valence-corrected chi connectivity index (χ2v) is 7.45. The lowest BCUT2D eigenvalue weighted by Crippen LogP contribution is -2.04. The second kappa shape index (κ2) is 9.72. The lowest BCUT2D eigenvalue weighted by molar-refractivity contribution is 0.0958. The van der Waals surface area contributed by atoms with E-state index in [0.29, 0.717) is 24.7 Å². The van der Waals surface area contributed by atoms with Crippen LogP contribution in [0.2, 0.25) is 5.02 Å². The third-order valence-corrected chi connectivity index (χ3v) is 5.12. The number of benzene rings is 2. The third kappa shape index (κ3) is 5.12.